The lowest BCUT2D eigenvalue weighted by Gasteiger charge is -2.14. The SMILES string of the molecule is O=C(NCC(C(=O)O)c1ccccc1)c1ccc2c(c1)NC(=O)c1ccccc1S2. The molecule has 1 heterocycles. The summed E-state index contributed by atoms with van der Waals surface area (Å²) in [5.74, 6) is -2.49. The van der Waals surface area contributed by atoms with Gasteiger partial charge in [-0.05, 0) is 35.9 Å². The number of carboxylic acid groups (broad SMARTS) is 1. The third kappa shape index (κ3) is 4.06. The van der Waals surface area contributed by atoms with Gasteiger partial charge in [-0.2, -0.15) is 0 Å². The average molecular weight is 418 g/mol. The van der Waals surface area contributed by atoms with Crippen LogP contribution >= 0.6 is 11.8 Å². The van der Waals surface area contributed by atoms with Crippen LogP contribution in [-0.4, -0.2) is 29.4 Å². The number of amides is 2. The maximum atomic E-state index is 12.7. The van der Waals surface area contributed by atoms with E-state index < -0.39 is 17.8 Å². The Morgan fingerprint density at radius 1 is 0.967 bits per heavy atom. The van der Waals surface area contributed by atoms with Crippen LogP contribution < -0.4 is 10.6 Å². The Bertz CT molecular complexity index is 1130. The number of rotatable bonds is 5. The summed E-state index contributed by atoms with van der Waals surface area (Å²) in [6.07, 6.45) is 0. The van der Waals surface area contributed by atoms with Gasteiger partial charge in [-0.15, -0.1) is 0 Å². The first-order chi connectivity index (χ1) is 14.5. The van der Waals surface area contributed by atoms with Crippen molar-refractivity contribution >= 4 is 35.2 Å². The van der Waals surface area contributed by atoms with Crippen molar-refractivity contribution in [1.29, 1.82) is 0 Å². The summed E-state index contributed by atoms with van der Waals surface area (Å²) in [4.78, 5) is 38.5. The second-order valence-corrected chi connectivity index (χ2v) is 7.86. The lowest BCUT2D eigenvalue weighted by Crippen LogP contribution is -2.31. The quantitative estimate of drug-likeness (QED) is 0.582. The van der Waals surface area contributed by atoms with Gasteiger partial charge in [0, 0.05) is 21.9 Å². The molecule has 1 aliphatic rings. The number of anilines is 1. The van der Waals surface area contributed by atoms with E-state index in [9.17, 15) is 19.5 Å². The van der Waals surface area contributed by atoms with Gasteiger partial charge in [-0.3, -0.25) is 14.4 Å². The van der Waals surface area contributed by atoms with Gasteiger partial charge in [0.05, 0.1) is 17.2 Å². The smallest absolute Gasteiger partial charge is 0.312 e. The molecule has 3 N–H and O–H groups in total. The highest BCUT2D eigenvalue weighted by Crippen LogP contribution is 2.39. The summed E-state index contributed by atoms with van der Waals surface area (Å²) in [5, 5.41) is 15.1. The van der Waals surface area contributed by atoms with Crippen molar-refractivity contribution in [2.24, 2.45) is 0 Å². The highest BCUT2D eigenvalue weighted by atomic mass is 32.2. The standard InChI is InChI=1S/C23H18N2O4S/c26-21(24-13-17(23(28)29)14-6-2-1-3-7-14)15-10-11-20-18(12-15)25-22(27)16-8-4-5-9-19(16)30-20/h1-12,17H,13H2,(H,24,26)(H,25,27)(H,28,29). The lowest BCUT2D eigenvalue weighted by molar-refractivity contribution is -0.138. The topological polar surface area (TPSA) is 95.5 Å². The highest BCUT2D eigenvalue weighted by Gasteiger charge is 2.23. The zero-order valence-electron chi connectivity index (χ0n) is 15.8. The lowest BCUT2D eigenvalue weighted by atomic mass is 9.99. The fourth-order valence-corrected chi connectivity index (χ4v) is 4.25. The van der Waals surface area contributed by atoms with E-state index in [2.05, 4.69) is 10.6 Å². The summed E-state index contributed by atoms with van der Waals surface area (Å²) in [6.45, 7) is -0.0399. The van der Waals surface area contributed by atoms with E-state index in [0.29, 0.717) is 22.4 Å². The Morgan fingerprint density at radius 2 is 1.70 bits per heavy atom. The van der Waals surface area contributed by atoms with Gasteiger partial charge in [-0.25, -0.2) is 0 Å². The zero-order valence-corrected chi connectivity index (χ0v) is 16.6. The predicted octanol–water partition coefficient (Wildman–Crippen LogP) is 4.00. The molecule has 1 aliphatic heterocycles. The number of hydrogen-bond acceptors (Lipinski definition) is 4. The van der Waals surface area contributed by atoms with Crippen LogP contribution in [0.25, 0.3) is 0 Å². The molecule has 0 radical (unpaired) electrons. The van der Waals surface area contributed by atoms with Crippen LogP contribution in [0.3, 0.4) is 0 Å². The summed E-state index contributed by atoms with van der Waals surface area (Å²) >= 11 is 1.45. The van der Waals surface area contributed by atoms with Crippen molar-refractivity contribution in [3.8, 4) is 0 Å². The normalized spacial score (nSPS) is 13.3. The first-order valence-electron chi connectivity index (χ1n) is 9.31. The second-order valence-electron chi connectivity index (χ2n) is 6.77. The van der Waals surface area contributed by atoms with Gasteiger partial charge in [0.15, 0.2) is 0 Å². The Hall–Kier alpha value is -3.58. The van der Waals surface area contributed by atoms with E-state index in [-0.39, 0.29) is 12.5 Å². The Kier molecular flexibility index (Phi) is 5.54. The summed E-state index contributed by atoms with van der Waals surface area (Å²) in [5.41, 5.74) is 2.09. The first-order valence-corrected chi connectivity index (χ1v) is 10.1. The van der Waals surface area contributed by atoms with Gasteiger partial charge in [0.25, 0.3) is 11.8 Å². The number of aliphatic carboxylic acids is 1. The fraction of sp³-hybridized carbons (Fsp3) is 0.0870. The number of hydrogen-bond donors (Lipinski definition) is 3. The number of carbonyl (C=O) groups is 3. The molecule has 3 aromatic rings. The van der Waals surface area contributed by atoms with Crippen molar-refractivity contribution in [2.75, 3.05) is 11.9 Å². The molecule has 0 aliphatic carbocycles. The minimum Gasteiger partial charge on any atom is -0.481 e. The summed E-state index contributed by atoms with van der Waals surface area (Å²) in [7, 11) is 0. The molecule has 0 saturated carbocycles. The van der Waals surface area contributed by atoms with Gasteiger partial charge in [0.1, 0.15) is 0 Å². The molecule has 4 rings (SSSR count). The number of benzene rings is 3. The van der Waals surface area contributed by atoms with Crippen LogP contribution in [0.15, 0.2) is 82.6 Å². The van der Waals surface area contributed by atoms with Crippen LogP contribution in [0.4, 0.5) is 5.69 Å². The van der Waals surface area contributed by atoms with E-state index >= 15 is 0 Å². The molecule has 0 saturated heterocycles. The average Bonchev–Trinajstić information content (AvgIpc) is 2.89. The van der Waals surface area contributed by atoms with Crippen LogP contribution in [0.1, 0.15) is 32.2 Å². The number of nitrogens with one attached hydrogen (secondary N) is 2. The fourth-order valence-electron chi connectivity index (χ4n) is 3.24. The molecule has 7 heteroatoms. The Labute approximate surface area is 177 Å². The molecule has 1 unspecified atom stereocenters. The van der Waals surface area contributed by atoms with Crippen molar-refractivity contribution in [3.63, 3.8) is 0 Å². The number of carbonyl (C=O) groups excluding carboxylic acids is 2. The van der Waals surface area contributed by atoms with Crippen molar-refractivity contribution < 1.29 is 19.5 Å². The van der Waals surface area contributed by atoms with Gasteiger partial charge >= 0.3 is 5.97 Å². The molecule has 3 aromatic carbocycles. The summed E-state index contributed by atoms with van der Waals surface area (Å²) < 4.78 is 0. The largest absolute Gasteiger partial charge is 0.481 e. The van der Waals surface area contributed by atoms with Crippen molar-refractivity contribution in [1.82, 2.24) is 5.32 Å². The third-order valence-electron chi connectivity index (χ3n) is 4.81. The maximum absolute atomic E-state index is 12.7. The summed E-state index contributed by atoms with van der Waals surface area (Å²) in [6, 6.07) is 21.1. The van der Waals surface area contributed by atoms with Crippen molar-refractivity contribution in [3.05, 3.63) is 89.5 Å². The molecule has 2 amide bonds. The van der Waals surface area contributed by atoms with Crippen LogP contribution in [0.2, 0.25) is 0 Å². The van der Waals surface area contributed by atoms with E-state index in [4.69, 9.17) is 0 Å². The molecule has 0 bridgehead atoms. The van der Waals surface area contributed by atoms with Crippen LogP contribution in [0.5, 0.6) is 0 Å². The highest BCUT2D eigenvalue weighted by molar-refractivity contribution is 7.99. The van der Waals surface area contributed by atoms with Gasteiger partial charge in [0.2, 0.25) is 0 Å². The molecule has 0 fully saturated rings. The molecule has 150 valence electrons. The first kappa shape index (κ1) is 19.7. The second kappa shape index (κ2) is 8.42. The Morgan fingerprint density at radius 3 is 2.47 bits per heavy atom. The number of carboxylic acids is 1. The minimum absolute atomic E-state index is 0.0399. The van der Waals surface area contributed by atoms with E-state index in [1.165, 1.54) is 11.8 Å². The van der Waals surface area contributed by atoms with E-state index in [1.54, 1.807) is 60.7 Å². The minimum atomic E-state index is -1.01. The molecule has 0 aromatic heterocycles. The van der Waals surface area contributed by atoms with Crippen LogP contribution in [-0.2, 0) is 4.79 Å². The van der Waals surface area contributed by atoms with E-state index in [1.807, 2.05) is 12.1 Å². The molecule has 1 atom stereocenters. The van der Waals surface area contributed by atoms with Gasteiger partial charge < -0.3 is 15.7 Å². The van der Waals surface area contributed by atoms with Gasteiger partial charge in [-0.1, -0.05) is 54.2 Å². The molecule has 0 spiro atoms. The monoisotopic (exact) mass is 418 g/mol. The van der Waals surface area contributed by atoms with Crippen LogP contribution in [0, 0.1) is 0 Å². The molecular formula is C23H18N2O4S. The van der Waals surface area contributed by atoms with Crippen molar-refractivity contribution in [2.45, 2.75) is 15.7 Å². The number of fused-ring (bicyclic) bond motifs is 2. The third-order valence-corrected chi connectivity index (χ3v) is 5.96. The molecule has 30 heavy (non-hydrogen) atoms. The molecule has 6 nitrogen and oxygen atoms in total. The predicted molar refractivity (Wildman–Crippen MR) is 114 cm³/mol. The zero-order chi connectivity index (χ0) is 21.1. The molecular weight excluding hydrogens is 400 g/mol. The maximum Gasteiger partial charge on any atom is 0.312 e. The van der Waals surface area contributed by atoms with E-state index in [0.717, 1.165) is 9.79 Å². The Balaban J connectivity index is 1.52.